The summed E-state index contributed by atoms with van der Waals surface area (Å²) in [5, 5.41) is 5.88. The molecule has 1 amide bonds. The van der Waals surface area contributed by atoms with Crippen molar-refractivity contribution in [3.63, 3.8) is 0 Å². The number of anilines is 1. The first-order valence-corrected chi connectivity index (χ1v) is 8.63. The third-order valence-electron chi connectivity index (χ3n) is 3.07. The van der Waals surface area contributed by atoms with Crippen molar-refractivity contribution in [2.75, 3.05) is 5.32 Å². The molecule has 0 fully saturated rings. The maximum Gasteiger partial charge on any atom is 0.225 e. The van der Waals surface area contributed by atoms with Gasteiger partial charge in [-0.25, -0.2) is 9.97 Å². The van der Waals surface area contributed by atoms with Gasteiger partial charge in [0.05, 0.1) is 15.6 Å². The summed E-state index contributed by atoms with van der Waals surface area (Å²) < 4.78 is 0. The second kappa shape index (κ2) is 6.81. The minimum atomic E-state index is -0.0260. The molecule has 3 rings (SSSR count). The van der Waals surface area contributed by atoms with E-state index in [1.807, 2.05) is 30.5 Å². The Bertz CT molecular complexity index is 751. The third-order valence-corrected chi connectivity index (χ3v) is 4.98. The highest BCUT2D eigenvalue weighted by Crippen LogP contribution is 2.32. The average molecular weight is 329 g/mol. The molecular weight excluding hydrogens is 314 g/mol. The van der Waals surface area contributed by atoms with Crippen LogP contribution in [0.1, 0.15) is 16.3 Å². The maximum atomic E-state index is 12.0. The summed E-state index contributed by atoms with van der Waals surface area (Å²) >= 11 is 3.33. The van der Waals surface area contributed by atoms with Crippen LogP contribution in [0.25, 0.3) is 10.6 Å². The number of aromatic nitrogens is 2. The number of pyridine rings is 1. The molecule has 112 valence electrons. The van der Waals surface area contributed by atoms with E-state index in [1.165, 1.54) is 0 Å². The van der Waals surface area contributed by atoms with Gasteiger partial charge in [-0.1, -0.05) is 12.1 Å². The van der Waals surface area contributed by atoms with Crippen LogP contribution in [0.3, 0.4) is 0 Å². The van der Waals surface area contributed by atoms with Gasteiger partial charge in [0.15, 0.2) is 0 Å². The summed E-state index contributed by atoms with van der Waals surface area (Å²) in [6.07, 6.45) is 2.78. The number of carbonyl (C=O) groups excluding carboxylic acids is 1. The zero-order valence-electron chi connectivity index (χ0n) is 12.1. The third kappa shape index (κ3) is 3.58. The van der Waals surface area contributed by atoms with Crippen LogP contribution >= 0.6 is 22.7 Å². The minimum absolute atomic E-state index is 0.0260. The normalized spacial score (nSPS) is 10.6. The maximum absolute atomic E-state index is 12.0. The highest BCUT2D eigenvalue weighted by atomic mass is 32.1. The summed E-state index contributed by atoms with van der Waals surface area (Å²) in [5.41, 5.74) is 1.02. The quantitative estimate of drug-likeness (QED) is 0.765. The molecule has 0 aliphatic rings. The second-order valence-corrected chi connectivity index (χ2v) is 6.98. The van der Waals surface area contributed by atoms with Crippen molar-refractivity contribution in [2.24, 2.45) is 0 Å². The van der Waals surface area contributed by atoms with Crippen molar-refractivity contribution < 1.29 is 4.79 Å². The van der Waals surface area contributed by atoms with E-state index in [2.05, 4.69) is 21.4 Å². The van der Waals surface area contributed by atoms with Crippen LogP contribution in [0.5, 0.6) is 0 Å². The van der Waals surface area contributed by atoms with Crippen LogP contribution in [0, 0.1) is 6.92 Å². The van der Waals surface area contributed by atoms with Crippen LogP contribution in [0.2, 0.25) is 0 Å². The Kier molecular flexibility index (Phi) is 4.60. The number of hydrogen-bond donors (Lipinski definition) is 1. The molecule has 0 bridgehead atoms. The van der Waals surface area contributed by atoms with Crippen molar-refractivity contribution >= 4 is 34.4 Å². The Morgan fingerprint density at radius 2 is 2.18 bits per heavy atom. The van der Waals surface area contributed by atoms with Gasteiger partial charge in [0.1, 0.15) is 5.82 Å². The van der Waals surface area contributed by atoms with Crippen molar-refractivity contribution in [3.05, 3.63) is 51.8 Å². The van der Waals surface area contributed by atoms with Gasteiger partial charge in [-0.2, -0.15) is 0 Å². The molecule has 0 atom stereocenters. The standard InChI is InChI=1S/C16H15N3OS2/c1-11-18-16(12-5-4-10-21-12)13(22-11)7-8-15(20)19-14-6-2-3-9-17-14/h2-6,9-10H,7-8H2,1H3,(H,17,19,20). The molecule has 0 radical (unpaired) electrons. The molecule has 4 nitrogen and oxygen atoms in total. The molecule has 0 saturated heterocycles. The number of aryl methyl sites for hydroxylation is 2. The lowest BCUT2D eigenvalue weighted by Gasteiger charge is -2.04. The monoisotopic (exact) mass is 329 g/mol. The summed E-state index contributed by atoms with van der Waals surface area (Å²) in [4.78, 5) is 23.0. The molecule has 6 heteroatoms. The highest BCUT2D eigenvalue weighted by molar-refractivity contribution is 7.15. The molecule has 3 heterocycles. The van der Waals surface area contributed by atoms with Gasteiger partial charge in [0, 0.05) is 17.5 Å². The Morgan fingerprint density at radius 1 is 1.27 bits per heavy atom. The number of thiazole rings is 1. The predicted molar refractivity (Wildman–Crippen MR) is 91.4 cm³/mol. The van der Waals surface area contributed by atoms with Gasteiger partial charge in [0.2, 0.25) is 5.91 Å². The SMILES string of the molecule is Cc1nc(-c2cccs2)c(CCC(=O)Nc2ccccn2)s1. The van der Waals surface area contributed by atoms with E-state index in [0.717, 1.165) is 20.5 Å². The van der Waals surface area contributed by atoms with Gasteiger partial charge in [0.25, 0.3) is 0 Å². The molecule has 0 aromatic carbocycles. The summed E-state index contributed by atoms with van der Waals surface area (Å²) in [6.45, 7) is 2.00. The molecular formula is C16H15N3OS2. The first kappa shape index (κ1) is 14.9. The molecule has 3 aromatic rings. The molecule has 1 N–H and O–H groups in total. The summed E-state index contributed by atoms with van der Waals surface area (Å²) in [7, 11) is 0. The van der Waals surface area contributed by atoms with E-state index < -0.39 is 0 Å². The summed E-state index contributed by atoms with van der Waals surface area (Å²) in [5.74, 6) is 0.563. The van der Waals surface area contributed by atoms with Crippen molar-refractivity contribution in [1.82, 2.24) is 9.97 Å². The minimum Gasteiger partial charge on any atom is -0.311 e. The Hall–Kier alpha value is -2.05. The number of hydrogen-bond acceptors (Lipinski definition) is 5. The first-order chi connectivity index (χ1) is 10.7. The highest BCUT2D eigenvalue weighted by Gasteiger charge is 2.13. The number of thiophene rings is 1. The Labute approximate surface area is 136 Å². The molecule has 0 saturated carbocycles. The zero-order valence-corrected chi connectivity index (χ0v) is 13.7. The van der Waals surface area contributed by atoms with E-state index in [0.29, 0.717) is 18.7 Å². The van der Waals surface area contributed by atoms with Gasteiger partial charge in [-0.15, -0.1) is 22.7 Å². The van der Waals surface area contributed by atoms with Crippen LogP contribution in [0.4, 0.5) is 5.82 Å². The van der Waals surface area contributed by atoms with Crippen molar-refractivity contribution in [1.29, 1.82) is 0 Å². The van der Waals surface area contributed by atoms with Gasteiger partial charge >= 0.3 is 0 Å². The second-order valence-electron chi connectivity index (χ2n) is 4.75. The molecule has 0 aliphatic carbocycles. The van der Waals surface area contributed by atoms with Crippen LogP contribution in [-0.2, 0) is 11.2 Å². The molecule has 3 aromatic heterocycles. The largest absolute Gasteiger partial charge is 0.311 e. The first-order valence-electron chi connectivity index (χ1n) is 6.93. The fraction of sp³-hybridized carbons (Fsp3) is 0.188. The fourth-order valence-corrected chi connectivity index (χ4v) is 3.87. The molecule has 22 heavy (non-hydrogen) atoms. The number of amides is 1. The fourth-order valence-electron chi connectivity index (χ4n) is 2.11. The van der Waals surface area contributed by atoms with E-state index in [9.17, 15) is 4.79 Å². The number of nitrogens with one attached hydrogen (secondary N) is 1. The predicted octanol–water partition coefficient (Wildman–Crippen LogP) is 4.15. The lowest BCUT2D eigenvalue weighted by Crippen LogP contribution is -2.13. The number of carbonyl (C=O) groups is 1. The molecule has 0 spiro atoms. The number of rotatable bonds is 5. The van der Waals surface area contributed by atoms with Crippen molar-refractivity contribution in [3.8, 4) is 10.6 Å². The molecule has 0 aliphatic heterocycles. The van der Waals surface area contributed by atoms with Gasteiger partial charge < -0.3 is 5.32 Å². The van der Waals surface area contributed by atoms with Crippen LogP contribution in [0.15, 0.2) is 41.9 Å². The Morgan fingerprint density at radius 3 is 2.91 bits per heavy atom. The smallest absolute Gasteiger partial charge is 0.225 e. The topological polar surface area (TPSA) is 54.9 Å². The van der Waals surface area contributed by atoms with Crippen LogP contribution < -0.4 is 5.32 Å². The van der Waals surface area contributed by atoms with E-state index in [-0.39, 0.29) is 5.91 Å². The van der Waals surface area contributed by atoms with Gasteiger partial charge in [-0.05, 0) is 36.9 Å². The van der Waals surface area contributed by atoms with Gasteiger partial charge in [-0.3, -0.25) is 4.79 Å². The lowest BCUT2D eigenvalue weighted by molar-refractivity contribution is -0.116. The van der Waals surface area contributed by atoms with E-state index in [4.69, 9.17) is 0 Å². The Balaban J connectivity index is 1.66. The zero-order chi connectivity index (χ0) is 15.4. The lowest BCUT2D eigenvalue weighted by atomic mass is 10.2. The van der Waals surface area contributed by atoms with Crippen LogP contribution in [-0.4, -0.2) is 15.9 Å². The molecule has 0 unspecified atom stereocenters. The van der Waals surface area contributed by atoms with Crippen molar-refractivity contribution in [2.45, 2.75) is 19.8 Å². The average Bonchev–Trinajstić information content (AvgIpc) is 3.15. The van der Waals surface area contributed by atoms with E-state index in [1.54, 1.807) is 34.9 Å². The number of nitrogens with zero attached hydrogens (tertiary/aromatic N) is 2. The van der Waals surface area contributed by atoms with E-state index >= 15 is 0 Å². The summed E-state index contributed by atoms with van der Waals surface area (Å²) in [6, 6.07) is 9.54.